The van der Waals surface area contributed by atoms with Gasteiger partial charge in [-0.05, 0) is 98.5 Å². The number of fused-ring (bicyclic) bond motifs is 1. The first-order valence-corrected chi connectivity index (χ1v) is 16.9. The number of aryl methyl sites for hydroxylation is 2. The SMILES string of the molecule is Cc1ccc(O)c(C(=O)C=Cc2ccc(OCCCCc3cn(CCOCCOc4ccc(-c5cc(=O)c6ccccc6o5)cc4)nn3)cc2)c1. The molecule has 0 aliphatic rings. The summed E-state index contributed by atoms with van der Waals surface area (Å²) < 4.78 is 25.1. The normalized spacial score (nSPS) is 11.3. The van der Waals surface area contributed by atoms with Crippen molar-refractivity contribution in [3.63, 3.8) is 0 Å². The summed E-state index contributed by atoms with van der Waals surface area (Å²) in [6, 6.07) is 28.6. The van der Waals surface area contributed by atoms with Gasteiger partial charge in [-0.25, -0.2) is 4.68 Å². The van der Waals surface area contributed by atoms with Crippen molar-refractivity contribution in [2.45, 2.75) is 32.7 Å². The average molecular weight is 686 g/mol. The van der Waals surface area contributed by atoms with E-state index in [0.29, 0.717) is 55.5 Å². The minimum absolute atomic E-state index is 0.0230. The van der Waals surface area contributed by atoms with Crippen molar-refractivity contribution < 1.29 is 28.5 Å². The number of rotatable bonds is 17. The number of aromatic hydroxyl groups is 1. The van der Waals surface area contributed by atoms with Crippen molar-refractivity contribution in [2.24, 2.45) is 0 Å². The van der Waals surface area contributed by atoms with Crippen LogP contribution in [0.15, 0.2) is 119 Å². The van der Waals surface area contributed by atoms with E-state index in [1.807, 2.05) is 73.8 Å². The lowest BCUT2D eigenvalue weighted by Gasteiger charge is -2.08. The summed E-state index contributed by atoms with van der Waals surface area (Å²) in [4.78, 5) is 24.9. The van der Waals surface area contributed by atoms with E-state index in [1.54, 1.807) is 35.0 Å². The van der Waals surface area contributed by atoms with Crippen LogP contribution in [0.25, 0.3) is 28.4 Å². The van der Waals surface area contributed by atoms with Gasteiger partial charge in [0, 0.05) is 17.8 Å². The van der Waals surface area contributed by atoms with Crippen LogP contribution in [-0.4, -0.2) is 52.3 Å². The summed E-state index contributed by atoms with van der Waals surface area (Å²) in [5.74, 6) is 1.71. The number of ether oxygens (including phenoxy) is 3. The van der Waals surface area contributed by atoms with Crippen molar-refractivity contribution in [3.8, 4) is 28.6 Å². The fourth-order valence-electron chi connectivity index (χ4n) is 5.38. The Balaban J connectivity index is 0.827. The largest absolute Gasteiger partial charge is 0.507 e. The number of para-hydroxylation sites is 1. The van der Waals surface area contributed by atoms with E-state index in [1.165, 1.54) is 18.2 Å². The van der Waals surface area contributed by atoms with E-state index in [4.69, 9.17) is 18.6 Å². The second kappa shape index (κ2) is 17.1. The topological polar surface area (TPSA) is 126 Å². The Bertz CT molecular complexity index is 2150. The molecule has 6 aromatic rings. The maximum Gasteiger partial charge on any atom is 0.193 e. The predicted octanol–water partition coefficient (Wildman–Crippen LogP) is 7.46. The molecule has 51 heavy (non-hydrogen) atoms. The van der Waals surface area contributed by atoms with Crippen LogP contribution >= 0.6 is 0 Å². The molecule has 10 heteroatoms. The minimum atomic E-state index is -0.247. The minimum Gasteiger partial charge on any atom is -0.507 e. The van der Waals surface area contributed by atoms with Crippen LogP contribution in [0.2, 0.25) is 0 Å². The Morgan fingerprint density at radius 3 is 2.45 bits per heavy atom. The molecule has 0 bridgehead atoms. The zero-order valence-corrected chi connectivity index (χ0v) is 28.4. The summed E-state index contributed by atoms with van der Waals surface area (Å²) in [6.45, 7) is 4.37. The summed E-state index contributed by atoms with van der Waals surface area (Å²) in [7, 11) is 0. The highest BCUT2D eigenvalue weighted by Crippen LogP contribution is 2.25. The highest BCUT2D eigenvalue weighted by Gasteiger charge is 2.09. The lowest BCUT2D eigenvalue weighted by atomic mass is 10.1. The highest BCUT2D eigenvalue weighted by molar-refractivity contribution is 6.08. The van der Waals surface area contributed by atoms with Crippen LogP contribution in [0.1, 0.15) is 40.0 Å². The number of phenolic OH excluding ortho intramolecular Hbond substituents is 1. The summed E-state index contributed by atoms with van der Waals surface area (Å²) in [6.07, 6.45) is 7.72. The van der Waals surface area contributed by atoms with Gasteiger partial charge in [-0.15, -0.1) is 5.10 Å². The van der Waals surface area contributed by atoms with E-state index >= 15 is 0 Å². The van der Waals surface area contributed by atoms with Gasteiger partial charge in [-0.2, -0.15) is 0 Å². The maximum atomic E-state index is 12.5. The van der Waals surface area contributed by atoms with Gasteiger partial charge in [0.05, 0.1) is 43.0 Å². The van der Waals surface area contributed by atoms with Crippen molar-refractivity contribution in [1.82, 2.24) is 15.0 Å². The number of hydrogen-bond donors (Lipinski definition) is 1. The van der Waals surface area contributed by atoms with Crippen molar-refractivity contribution in [3.05, 3.63) is 142 Å². The first-order chi connectivity index (χ1) is 24.9. The number of aromatic nitrogens is 3. The number of unbranched alkanes of at least 4 members (excludes halogenated alkanes) is 1. The van der Waals surface area contributed by atoms with Crippen LogP contribution in [-0.2, 0) is 17.7 Å². The van der Waals surface area contributed by atoms with Crippen molar-refractivity contribution >= 4 is 22.8 Å². The number of carbonyl (C=O) groups is 1. The number of phenols is 1. The van der Waals surface area contributed by atoms with Gasteiger partial charge in [-0.3, -0.25) is 9.59 Å². The Morgan fingerprint density at radius 1 is 0.863 bits per heavy atom. The third kappa shape index (κ3) is 9.80. The quantitative estimate of drug-likeness (QED) is 0.0592. The predicted molar refractivity (Wildman–Crippen MR) is 195 cm³/mol. The monoisotopic (exact) mass is 685 g/mol. The number of nitrogens with zero attached hydrogens (tertiary/aromatic N) is 3. The third-order valence-corrected chi connectivity index (χ3v) is 8.14. The average Bonchev–Trinajstić information content (AvgIpc) is 3.61. The number of hydrogen-bond acceptors (Lipinski definition) is 9. The van der Waals surface area contributed by atoms with Crippen molar-refractivity contribution in [1.29, 1.82) is 0 Å². The fraction of sp³-hybridized carbons (Fsp3) is 0.220. The number of benzene rings is 4. The molecule has 2 aromatic heterocycles. The molecule has 0 saturated carbocycles. The molecule has 0 saturated heterocycles. The Labute approximate surface area is 295 Å². The van der Waals surface area contributed by atoms with Gasteiger partial charge < -0.3 is 23.7 Å². The molecule has 260 valence electrons. The summed E-state index contributed by atoms with van der Waals surface area (Å²) in [5.41, 5.74) is 4.28. The molecule has 10 nitrogen and oxygen atoms in total. The van der Waals surface area contributed by atoms with E-state index in [2.05, 4.69) is 10.3 Å². The van der Waals surface area contributed by atoms with Crippen LogP contribution in [0.4, 0.5) is 0 Å². The van der Waals surface area contributed by atoms with E-state index in [-0.39, 0.29) is 22.5 Å². The number of ketones is 1. The second-order valence-corrected chi connectivity index (χ2v) is 12.0. The molecular weight excluding hydrogens is 646 g/mol. The van der Waals surface area contributed by atoms with Crippen LogP contribution in [0, 0.1) is 6.92 Å². The van der Waals surface area contributed by atoms with Gasteiger partial charge in [0.15, 0.2) is 11.2 Å². The molecule has 0 unspecified atom stereocenters. The third-order valence-electron chi connectivity index (χ3n) is 8.14. The van der Waals surface area contributed by atoms with Gasteiger partial charge in [0.2, 0.25) is 0 Å². The second-order valence-electron chi connectivity index (χ2n) is 12.0. The molecule has 0 radical (unpaired) electrons. The van der Waals surface area contributed by atoms with Crippen LogP contribution < -0.4 is 14.9 Å². The van der Waals surface area contributed by atoms with Crippen LogP contribution in [0.3, 0.4) is 0 Å². The molecule has 0 fully saturated rings. The molecule has 1 N–H and O–H groups in total. The fourth-order valence-corrected chi connectivity index (χ4v) is 5.38. The first-order valence-electron chi connectivity index (χ1n) is 16.9. The Kier molecular flexibility index (Phi) is 11.7. The van der Waals surface area contributed by atoms with Gasteiger partial charge in [0.25, 0.3) is 0 Å². The van der Waals surface area contributed by atoms with Gasteiger partial charge >= 0.3 is 0 Å². The smallest absolute Gasteiger partial charge is 0.193 e. The highest BCUT2D eigenvalue weighted by atomic mass is 16.5. The standard InChI is InChI=1S/C41H39N3O7/c1-29-9-19-37(45)36(26-29)38(46)20-12-30-10-15-33(16-11-30)49-22-5-4-6-32-28-44(43-42-32)21-23-48-24-25-50-34-17-13-31(14-18-34)41-27-39(47)35-7-2-3-8-40(35)51-41/h2-3,7-20,26-28,45H,4-6,21-25H2,1H3. The number of carbonyl (C=O) groups excluding carboxylic acids is 1. The summed E-state index contributed by atoms with van der Waals surface area (Å²) in [5, 5.41) is 19.0. The zero-order chi connectivity index (χ0) is 35.4. The molecule has 4 aromatic carbocycles. The lowest BCUT2D eigenvalue weighted by Crippen LogP contribution is -2.11. The van der Waals surface area contributed by atoms with E-state index in [0.717, 1.165) is 47.4 Å². The molecule has 0 amide bonds. The van der Waals surface area contributed by atoms with Crippen LogP contribution in [0.5, 0.6) is 17.2 Å². The van der Waals surface area contributed by atoms with Crippen molar-refractivity contribution in [2.75, 3.05) is 26.4 Å². The molecule has 6 rings (SSSR count). The van der Waals surface area contributed by atoms with E-state index in [9.17, 15) is 14.7 Å². The Morgan fingerprint density at radius 2 is 1.63 bits per heavy atom. The Hall–Kier alpha value is -6.00. The van der Waals surface area contributed by atoms with Gasteiger partial charge in [0.1, 0.15) is 35.2 Å². The molecule has 0 atom stereocenters. The molecule has 0 aliphatic heterocycles. The molecule has 0 spiro atoms. The lowest BCUT2D eigenvalue weighted by molar-refractivity contribution is 0.0923. The van der Waals surface area contributed by atoms with Gasteiger partial charge in [-0.1, -0.05) is 47.2 Å². The maximum absolute atomic E-state index is 12.5. The van der Waals surface area contributed by atoms with E-state index < -0.39 is 0 Å². The summed E-state index contributed by atoms with van der Waals surface area (Å²) >= 11 is 0. The molecular formula is C41H39N3O7. The molecule has 2 heterocycles. The molecule has 0 aliphatic carbocycles. The number of allylic oxidation sites excluding steroid dienone is 1. The first kappa shape index (κ1) is 34.8. The zero-order valence-electron chi connectivity index (χ0n) is 28.4.